The summed E-state index contributed by atoms with van der Waals surface area (Å²) in [6.45, 7) is 5.82. The third-order valence-corrected chi connectivity index (χ3v) is 16.9. The van der Waals surface area contributed by atoms with Gasteiger partial charge >= 0.3 is 5.97 Å². The number of allylic oxidation sites excluding steroid dienone is 3. The van der Waals surface area contributed by atoms with Gasteiger partial charge in [-0.25, -0.2) is 0 Å². The van der Waals surface area contributed by atoms with Crippen molar-refractivity contribution < 1.29 is 49.3 Å². The van der Waals surface area contributed by atoms with Gasteiger partial charge in [-0.05, 0) is 51.4 Å². The molecule has 1 fully saturated rings. The molecule has 1 aliphatic rings. The Kier molecular flexibility index (Phi) is 55.7. The maximum Gasteiger partial charge on any atom is 0.306 e. The highest BCUT2D eigenvalue weighted by molar-refractivity contribution is 5.80. The minimum atomic E-state index is -1.61. The van der Waals surface area contributed by atoms with Gasteiger partial charge in [0.1, 0.15) is 24.4 Å². The first-order chi connectivity index (χ1) is 39.7. The Morgan fingerprint density at radius 2 is 0.815 bits per heavy atom. The molecule has 0 aromatic heterocycles. The Hall–Kier alpha value is -1.86. The first-order valence-corrected chi connectivity index (χ1v) is 35.1. The maximum absolute atomic E-state index is 13.4. The zero-order chi connectivity index (χ0) is 58.9. The number of carbonyl (C=O) groups is 2. The van der Waals surface area contributed by atoms with Crippen molar-refractivity contribution in [2.75, 3.05) is 13.2 Å². The summed E-state index contributed by atoms with van der Waals surface area (Å²) in [5.41, 5.74) is 0. The highest BCUT2D eigenvalue weighted by Gasteiger charge is 2.47. The van der Waals surface area contributed by atoms with Crippen LogP contribution in [-0.2, 0) is 23.8 Å². The van der Waals surface area contributed by atoms with Crippen molar-refractivity contribution in [3.63, 3.8) is 0 Å². The lowest BCUT2D eigenvalue weighted by Crippen LogP contribution is -2.61. The Balaban J connectivity index is 2.51. The van der Waals surface area contributed by atoms with Crippen LogP contribution in [0, 0.1) is 0 Å². The first kappa shape index (κ1) is 77.2. The van der Waals surface area contributed by atoms with Crippen molar-refractivity contribution in [1.82, 2.24) is 5.32 Å². The maximum atomic E-state index is 13.4. The molecule has 0 aromatic rings. The van der Waals surface area contributed by atoms with Crippen LogP contribution in [0.1, 0.15) is 348 Å². The van der Waals surface area contributed by atoms with E-state index in [1.807, 2.05) is 6.08 Å². The van der Waals surface area contributed by atoms with Crippen molar-refractivity contribution in [2.24, 2.45) is 0 Å². The largest absolute Gasteiger partial charge is 0.454 e. The zero-order valence-electron chi connectivity index (χ0n) is 53.2. The lowest BCUT2D eigenvalue weighted by Gasteiger charge is -2.41. The van der Waals surface area contributed by atoms with Gasteiger partial charge in [-0.2, -0.15) is 0 Å². The van der Waals surface area contributed by atoms with Gasteiger partial charge in [0, 0.05) is 6.42 Å². The van der Waals surface area contributed by atoms with E-state index in [0.717, 1.165) is 57.8 Å². The quantitative estimate of drug-likeness (QED) is 0.0195. The smallest absolute Gasteiger partial charge is 0.306 e. The molecule has 0 aliphatic carbocycles. The Morgan fingerprint density at radius 1 is 0.469 bits per heavy atom. The van der Waals surface area contributed by atoms with E-state index < -0.39 is 67.4 Å². The minimum absolute atomic E-state index is 0.129. The monoisotopic (exact) mass is 1150 g/mol. The van der Waals surface area contributed by atoms with E-state index in [1.54, 1.807) is 6.08 Å². The van der Waals surface area contributed by atoms with Crippen LogP contribution in [0.15, 0.2) is 24.3 Å². The average molecular weight is 1150 g/mol. The van der Waals surface area contributed by atoms with E-state index in [0.29, 0.717) is 12.8 Å². The molecule has 81 heavy (non-hydrogen) atoms. The molecule has 0 aromatic carbocycles. The molecule has 8 unspecified atom stereocenters. The molecule has 1 aliphatic heterocycles. The van der Waals surface area contributed by atoms with Crippen LogP contribution in [0.3, 0.4) is 0 Å². The molecule has 478 valence electrons. The zero-order valence-corrected chi connectivity index (χ0v) is 53.2. The van der Waals surface area contributed by atoms with Gasteiger partial charge in [0.15, 0.2) is 12.4 Å². The van der Waals surface area contributed by atoms with E-state index in [4.69, 9.17) is 14.2 Å². The van der Waals surface area contributed by atoms with Crippen LogP contribution >= 0.6 is 0 Å². The number of unbranched alkanes of at least 4 members (excludes halogenated alkanes) is 45. The molecule has 0 radical (unpaired) electrons. The van der Waals surface area contributed by atoms with E-state index in [-0.39, 0.29) is 19.4 Å². The minimum Gasteiger partial charge on any atom is -0.454 e. The van der Waals surface area contributed by atoms with E-state index >= 15 is 0 Å². The molecule has 6 N–H and O–H groups in total. The molecular weight excluding hydrogens is 1010 g/mol. The number of hydrogen-bond donors (Lipinski definition) is 6. The molecule has 1 saturated heterocycles. The summed E-state index contributed by atoms with van der Waals surface area (Å²) in [6.07, 6.45) is 59.6. The topological polar surface area (TPSA) is 175 Å². The number of carbonyl (C=O) groups excluding carboxylic acids is 2. The molecule has 0 spiro atoms. The van der Waals surface area contributed by atoms with Crippen LogP contribution < -0.4 is 5.32 Å². The second kappa shape index (κ2) is 58.5. The van der Waals surface area contributed by atoms with Crippen LogP contribution in [0.4, 0.5) is 0 Å². The summed E-state index contributed by atoms with van der Waals surface area (Å²) >= 11 is 0. The number of nitrogens with one attached hydrogen (secondary N) is 1. The fraction of sp³-hybridized carbons (Fsp3) is 0.914. The summed E-state index contributed by atoms with van der Waals surface area (Å²) < 4.78 is 17.7. The molecule has 0 saturated carbocycles. The summed E-state index contributed by atoms with van der Waals surface area (Å²) in [5.74, 6) is -1.19. The van der Waals surface area contributed by atoms with Crippen molar-refractivity contribution in [1.29, 1.82) is 0 Å². The lowest BCUT2D eigenvalue weighted by molar-refractivity contribution is -0.305. The Labute approximate surface area is 499 Å². The summed E-state index contributed by atoms with van der Waals surface area (Å²) in [7, 11) is 0. The van der Waals surface area contributed by atoms with Crippen molar-refractivity contribution in [3.05, 3.63) is 24.3 Å². The second-order valence-electron chi connectivity index (χ2n) is 24.6. The predicted octanol–water partition coefficient (Wildman–Crippen LogP) is 17.6. The number of ether oxygens (including phenoxy) is 3. The SMILES string of the molecule is CCCCCCCC/C=C\CCCCC(O)C(=O)NC(COC1OC(CO)C(O)C(O)C1OC(=O)CCCCCCCCCCCCCCCCCCCCCCCCCCCCC)C(O)/C=C/CCCCCCCCCCCCC. The van der Waals surface area contributed by atoms with Crippen LogP contribution in [0.25, 0.3) is 0 Å². The Bertz CT molecular complexity index is 1410. The van der Waals surface area contributed by atoms with Gasteiger partial charge in [0.05, 0.1) is 25.4 Å². The van der Waals surface area contributed by atoms with Crippen LogP contribution in [-0.4, -0.2) is 99.6 Å². The molecule has 1 rings (SSSR count). The fourth-order valence-electron chi connectivity index (χ4n) is 11.3. The van der Waals surface area contributed by atoms with Gasteiger partial charge in [-0.15, -0.1) is 0 Å². The summed E-state index contributed by atoms with van der Waals surface area (Å²) in [6, 6.07) is -1.03. The summed E-state index contributed by atoms with van der Waals surface area (Å²) in [4.78, 5) is 26.6. The molecule has 1 heterocycles. The number of aliphatic hydroxyl groups is 5. The first-order valence-electron chi connectivity index (χ1n) is 35.1. The van der Waals surface area contributed by atoms with Crippen molar-refractivity contribution >= 4 is 11.9 Å². The molecule has 0 bridgehead atoms. The number of aliphatic hydroxyl groups excluding tert-OH is 5. The van der Waals surface area contributed by atoms with Crippen LogP contribution in [0.2, 0.25) is 0 Å². The van der Waals surface area contributed by atoms with Gasteiger partial charge in [0.2, 0.25) is 5.91 Å². The van der Waals surface area contributed by atoms with Crippen molar-refractivity contribution in [2.45, 2.75) is 397 Å². The predicted molar refractivity (Wildman–Crippen MR) is 338 cm³/mol. The summed E-state index contributed by atoms with van der Waals surface area (Å²) in [5, 5.41) is 57.1. The number of esters is 1. The van der Waals surface area contributed by atoms with Gasteiger partial charge in [0.25, 0.3) is 0 Å². The van der Waals surface area contributed by atoms with Crippen LogP contribution in [0.5, 0.6) is 0 Å². The second-order valence-corrected chi connectivity index (χ2v) is 24.6. The van der Waals surface area contributed by atoms with E-state index in [9.17, 15) is 35.1 Å². The standard InChI is InChI=1S/C70H133NO10/c1-4-7-10-13-16-19-22-25-26-27-28-29-30-31-32-33-34-35-36-37-38-40-43-46-49-52-55-58-65(75)81-68-67(77)66(76)64(59-72)80-70(68)79-60-61(62(73)56-53-50-47-44-42-39-23-20-17-14-11-8-5-2)71-69(78)63(74)57-54-51-48-45-41-24-21-18-15-12-9-6-3/h41,45,53,56,61-64,66-68,70,72-74,76-77H,4-40,42-44,46-52,54-55,57-60H2,1-3H3,(H,71,78)/b45-41-,56-53+. The molecule has 11 nitrogen and oxygen atoms in total. The number of amides is 1. The average Bonchev–Trinajstić information content (AvgIpc) is 3.50. The van der Waals surface area contributed by atoms with E-state index in [1.165, 1.54) is 244 Å². The molecule has 11 heteroatoms. The molecule has 8 atom stereocenters. The third-order valence-electron chi connectivity index (χ3n) is 16.9. The van der Waals surface area contributed by atoms with Gasteiger partial charge < -0.3 is 45.1 Å². The van der Waals surface area contributed by atoms with E-state index in [2.05, 4.69) is 38.2 Å². The van der Waals surface area contributed by atoms with Crippen molar-refractivity contribution in [3.8, 4) is 0 Å². The van der Waals surface area contributed by atoms with Gasteiger partial charge in [-0.3, -0.25) is 9.59 Å². The molecule has 1 amide bonds. The lowest BCUT2D eigenvalue weighted by atomic mass is 9.99. The fourth-order valence-corrected chi connectivity index (χ4v) is 11.3. The number of hydrogen-bond acceptors (Lipinski definition) is 10. The number of rotatable bonds is 61. The Morgan fingerprint density at radius 3 is 1.20 bits per heavy atom. The highest BCUT2D eigenvalue weighted by Crippen LogP contribution is 2.26. The highest BCUT2D eigenvalue weighted by atomic mass is 16.7. The molecular formula is C70H133NO10. The third kappa shape index (κ3) is 46.1. The van der Waals surface area contributed by atoms with Gasteiger partial charge in [-0.1, -0.05) is 315 Å². The normalized spacial score (nSPS) is 18.7.